The average Bonchev–Trinajstić information content (AvgIpc) is 3.10. The van der Waals surface area contributed by atoms with Crippen LogP contribution in [0.5, 0.6) is 0 Å². The number of likely N-dealkylation sites (tertiary alicyclic amines) is 1. The lowest BCUT2D eigenvalue weighted by Crippen LogP contribution is -2.33. The Bertz CT molecular complexity index is 1200. The van der Waals surface area contributed by atoms with Crippen molar-refractivity contribution in [1.29, 1.82) is 0 Å². The summed E-state index contributed by atoms with van der Waals surface area (Å²) in [4.78, 5) is 18.0. The molecule has 0 unspecified atom stereocenters. The maximum Gasteiger partial charge on any atom is 0.162 e. The lowest BCUT2D eigenvalue weighted by atomic mass is 9.89. The molecule has 0 saturated carbocycles. The molecule has 5 rings (SSSR count). The smallest absolute Gasteiger partial charge is 0.162 e. The number of benzene rings is 3. The van der Waals surface area contributed by atoms with E-state index in [4.69, 9.17) is 11.6 Å². The van der Waals surface area contributed by atoms with Crippen LogP contribution >= 0.6 is 11.6 Å². The number of ketones is 1. The van der Waals surface area contributed by atoms with Gasteiger partial charge in [0.05, 0.1) is 0 Å². The Labute approximate surface area is 225 Å². The Morgan fingerprint density at radius 3 is 2.43 bits per heavy atom. The molecule has 0 aromatic heterocycles. The van der Waals surface area contributed by atoms with Crippen molar-refractivity contribution in [2.45, 2.75) is 58.2 Å². The number of fused-ring (bicyclic) bond motifs is 1. The molecule has 2 aliphatic rings. The quantitative estimate of drug-likeness (QED) is 0.292. The predicted octanol–water partition coefficient (Wildman–Crippen LogP) is 7.30. The van der Waals surface area contributed by atoms with Crippen LogP contribution in [0, 0.1) is 11.7 Å². The van der Waals surface area contributed by atoms with Crippen LogP contribution in [0.4, 0.5) is 4.39 Å². The standard InChI is InChI=1S/C32H36ClFN2O/c33-30-5-1-3-26(19-30)22-35-17-14-24(15-18-35)8-13-32(37)28-10-9-27-4-2-16-36(23-29(27)20-28)21-25-6-11-31(34)12-7-25/h1,3,5-7,9-12,19-20,24H,2,4,8,13-18,21-23H2. The van der Waals surface area contributed by atoms with Crippen molar-refractivity contribution in [2.24, 2.45) is 5.92 Å². The minimum absolute atomic E-state index is 0.198. The summed E-state index contributed by atoms with van der Waals surface area (Å²) >= 11 is 6.13. The van der Waals surface area contributed by atoms with Crippen molar-refractivity contribution in [1.82, 2.24) is 9.80 Å². The number of aryl methyl sites for hydroxylation is 1. The molecule has 1 saturated heterocycles. The Morgan fingerprint density at radius 2 is 1.65 bits per heavy atom. The van der Waals surface area contributed by atoms with Crippen molar-refractivity contribution in [2.75, 3.05) is 19.6 Å². The van der Waals surface area contributed by atoms with Gasteiger partial charge in [0.25, 0.3) is 0 Å². The molecule has 5 heteroatoms. The minimum atomic E-state index is -0.198. The highest BCUT2D eigenvalue weighted by Gasteiger charge is 2.21. The molecule has 3 nitrogen and oxygen atoms in total. The van der Waals surface area contributed by atoms with E-state index >= 15 is 0 Å². The number of halogens is 2. The van der Waals surface area contributed by atoms with Gasteiger partial charge in [-0.25, -0.2) is 4.39 Å². The first-order valence-electron chi connectivity index (χ1n) is 13.6. The van der Waals surface area contributed by atoms with E-state index in [0.717, 1.165) is 87.5 Å². The highest BCUT2D eigenvalue weighted by molar-refractivity contribution is 6.30. The first-order chi connectivity index (χ1) is 18.0. The fraction of sp³-hybridized carbons (Fsp3) is 0.406. The molecule has 0 amide bonds. The van der Waals surface area contributed by atoms with Crippen molar-refractivity contribution in [3.05, 3.63) is 105 Å². The van der Waals surface area contributed by atoms with Crippen LogP contribution in [0.25, 0.3) is 0 Å². The molecule has 0 radical (unpaired) electrons. The van der Waals surface area contributed by atoms with Gasteiger partial charge in [-0.15, -0.1) is 0 Å². The third-order valence-electron chi connectivity index (χ3n) is 7.94. The van der Waals surface area contributed by atoms with Crippen LogP contribution in [-0.2, 0) is 26.1 Å². The third kappa shape index (κ3) is 7.28. The molecule has 194 valence electrons. The first kappa shape index (κ1) is 26.1. The lowest BCUT2D eigenvalue weighted by molar-refractivity contribution is 0.0961. The van der Waals surface area contributed by atoms with E-state index in [0.29, 0.717) is 12.3 Å². The van der Waals surface area contributed by atoms with Crippen LogP contribution in [-0.4, -0.2) is 35.2 Å². The highest BCUT2D eigenvalue weighted by Crippen LogP contribution is 2.26. The minimum Gasteiger partial charge on any atom is -0.299 e. The van der Waals surface area contributed by atoms with Crippen LogP contribution in [0.3, 0.4) is 0 Å². The van der Waals surface area contributed by atoms with Gasteiger partial charge in [-0.2, -0.15) is 0 Å². The summed E-state index contributed by atoms with van der Waals surface area (Å²) in [5.74, 6) is 0.682. The Kier molecular flexibility index (Phi) is 8.70. The number of Topliss-reactive ketones (excluding diaryl/α,β-unsaturated/α-hetero) is 1. The van der Waals surface area contributed by atoms with Gasteiger partial charge in [-0.1, -0.05) is 48.0 Å². The van der Waals surface area contributed by atoms with Gasteiger partial charge in [0, 0.05) is 36.6 Å². The van der Waals surface area contributed by atoms with E-state index in [1.807, 2.05) is 30.3 Å². The number of carbonyl (C=O) groups is 1. The monoisotopic (exact) mass is 518 g/mol. The second kappa shape index (κ2) is 12.3. The summed E-state index contributed by atoms with van der Waals surface area (Å²) in [6.07, 6.45) is 6.02. The van der Waals surface area contributed by atoms with E-state index in [1.54, 1.807) is 0 Å². The van der Waals surface area contributed by atoms with E-state index in [1.165, 1.54) is 28.8 Å². The second-order valence-electron chi connectivity index (χ2n) is 10.7. The molecule has 0 aliphatic carbocycles. The SMILES string of the molecule is O=C(CCC1CCN(Cc2cccc(Cl)c2)CC1)c1ccc2c(c1)CN(Cc1ccc(F)cc1)CCC2. The Hall–Kier alpha value is -2.53. The van der Waals surface area contributed by atoms with Gasteiger partial charge in [0.15, 0.2) is 5.78 Å². The Morgan fingerprint density at radius 1 is 0.865 bits per heavy atom. The van der Waals surface area contributed by atoms with Gasteiger partial charge >= 0.3 is 0 Å². The molecule has 0 N–H and O–H groups in total. The van der Waals surface area contributed by atoms with Gasteiger partial charge in [0.1, 0.15) is 5.82 Å². The highest BCUT2D eigenvalue weighted by atomic mass is 35.5. The molecular formula is C32H36ClFN2O. The molecule has 37 heavy (non-hydrogen) atoms. The number of hydrogen-bond donors (Lipinski definition) is 0. The molecule has 3 aromatic rings. The molecular weight excluding hydrogens is 483 g/mol. The molecule has 2 heterocycles. The normalized spacial score (nSPS) is 17.4. The summed E-state index contributed by atoms with van der Waals surface area (Å²) in [6.45, 7) is 5.74. The first-order valence-corrected chi connectivity index (χ1v) is 14.0. The fourth-order valence-electron chi connectivity index (χ4n) is 5.79. The lowest BCUT2D eigenvalue weighted by Gasteiger charge is -2.32. The topological polar surface area (TPSA) is 23.6 Å². The maximum atomic E-state index is 13.3. The van der Waals surface area contributed by atoms with Crippen LogP contribution in [0.2, 0.25) is 5.02 Å². The van der Waals surface area contributed by atoms with E-state index in [9.17, 15) is 9.18 Å². The zero-order valence-electron chi connectivity index (χ0n) is 21.5. The molecule has 0 bridgehead atoms. The zero-order valence-corrected chi connectivity index (χ0v) is 22.2. The molecule has 1 fully saturated rings. The number of piperidine rings is 1. The van der Waals surface area contributed by atoms with Crippen LogP contribution < -0.4 is 0 Å². The van der Waals surface area contributed by atoms with Crippen molar-refractivity contribution < 1.29 is 9.18 Å². The second-order valence-corrected chi connectivity index (χ2v) is 11.2. The molecule has 2 aliphatic heterocycles. The average molecular weight is 519 g/mol. The van der Waals surface area contributed by atoms with Crippen molar-refractivity contribution in [3.63, 3.8) is 0 Å². The molecule has 0 atom stereocenters. The summed E-state index contributed by atoms with van der Waals surface area (Å²) in [7, 11) is 0. The molecule has 3 aromatic carbocycles. The van der Waals surface area contributed by atoms with E-state index in [-0.39, 0.29) is 11.6 Å². The van der Waals surface area contributed by atoms with E-state index < -0.39 is 0 Å². The summed E-state index contributed by atoms with van der Waals surface area (Å²) in [6, 6.07) is 21.2. The number of rotatable bonds is 8. The number of carbonyl (C=O) groups excluding carboxylic acids is 1. The van der Waals surface area contributed by atoms with Gasteiger partial charge in [-0.05, 0) is 110 Å². The number of nitrogens with zero attached hydrogens (tertiary/aromatic N) is 2. The summed E-state index contributed by atoms with van der Waals surface area (Å²) in [5, 5.41) is 0.796. The van der Waals surface area contributed by atoms with Crippen LogP contribution in [0.15, 0.2) is 66.7 Å². The summed E-state index contributed by atoms with van der Waals surface area (Å²) < 4.78 is 13.3. The fourth-order valence-corrected chi connectivity index (χ4v) is 6.01. The van der Waals surface area contributed by atoms with Gasteiger partial charge in [-0.3, -0.25) is 14.6 Å². The van der Waals surface area contributed by atoms with Crippen LogP contribution in [0.1, 0.15) is 64.7 Å². The Balaban J connectivity index is 1.12. The van der Waals surface area contributed by atoms with Crippen molar-refractivity contribution in [3.8, 4) is 0 Å². The maximum absolute atomic E-state index is 13.3. The largest absolute Gasteiger partial charge is 0.299 e. The zero-order chi connectivity index (χ0) is 25.6. The predicted molar refractivity (Wildman–Crippen MR) is 148 cm³/mol. The number of hydrogen-bond acceptors (Lipinski definition) is 3. The van der Waals surface area contributed by atoms with Gasteiger partial charge < -0.3 is 0 Å². The molecule has 0 spiro atoms. The van der Waals surface area contributed by atoms with E-state index in [2.05, 4.69) is 34.1 Å². The third-order valence-corrected chi connectivity index (χ3v) is 8.18. The van der Waals surface area contributed by atoms with Gasteiger partial charge in [0.2, 0.25) is 0 Å². The summed E-state index contributed by atoms with van der Waals surface area (Å²) in [5.41, 5.74) is 5.85. The van der Waals surface area contributed by atoms with Crippen molar-refractivity contribution >= 4 is 17.4 Å².